The first-order chi connectivity index (χ1) is 4.66. The summed E-state index contributed by atoms with van der Waals surface area (Å²) >= 11 is 1.36. The fourth-order valence-electron chi connectivity index (χ4n) is 1.16. The van der Waals surface area contributed by atoms with Gasteiger partial charge in [0.1, 0.15) is 0 Å². The molecule has 1 heterocycles. The number of likely N-dealkylation sites (tertiary alicyclic amines) is 1. The first-order valence-electron chi connectivity index (χ1n) is 3.59. The van der Waals surface area contributed by atoms with Crippen molar-refractivity contribution in [1.29, 1.82) is 0 Å². The van der Waals surface area contributed by atoms with Crippen LogP contribution in [0, 0.1) is 0 Å². The molecule has 1 saturated heterocycles. The summed E-state index contributed by atoms with van der Waals surface area (Å²) in [5.74, 6) is 0. The van der Waals surface area contributed by atoms with Gasteiger partial charge in [0.15, 0.2) is 5.00 Å². The molecule has 0 aromatic heterocycles. The van der Waals surface area contributed by atoms with Crippen molar-refractivity contribution in [3.8, 4) is 0 Å². The summed E-state index contributed by atoms with van der Waals surface area (Å²) in [6.07, 6.45) is 3.22. The first kappa shape index (κ1) is 8.34. The molecule has 1 aliphatic rings. The number of halogens is 1. The minimum atomic E-state index is -0.924. The van der Waals surface area contributed by atoms with E-state index in [0.717, 1.165) is 13.1 Å². The Morgan fingerprint density at radius 2 is 1.90 bits per heavy atom. The van der Waals surface area contributed by atoms with Crippen molar-refractivity contribution in [2.24, 2.45) is 0 Å². The Bertz CT molecular complexity index is 110. The molecule has 0 amide bonds. The van der Waals surface area contributed by atoms with Gasteiger partial charge in [-0.2, -0.15) is 0 Å². The molecule has 1 rings (SSSR count). The third kappa shape index (κ3) is 1.86. The van der Waals surface area contributed by atoms with Crippen molar-refractivity contribution in [3.63, 3.8) is 0 Å². The van der Waals surface area contributed by atoms with Gasteiger partial charge in [-0.1, -0.05) is 0 Å². The normalized spacial score (nSPS) is 26.7. The minimum Gasteiger partial charge on any atom is -0.306 e. The van der Waals surface area contributed by atoms with E-state index in [9.17, 15) is 4.39 Å². The number of rotatable bonds is 1. The van der Waals surface area contributed by atoms with Crippen LogP contribution in [-0.4, -0.2) is 36.3 Å². The summed E-state index contributed by atoms with van der Waals surface area (Å²) < 4.78 is 13.4. The van der Waals surface area contributed by atoms with Crippen molar-refractivity contribution >= 4 is 11.8 Å². The zero-order valence-corrected chi connectivity index (χ0v) is 7.38. The fraction of sp³-hybridized carbons (Fsp3) is 1.00. The number of hydrogen-bond acceptors (Lipinski definition) is 2. The van der Waals surface area contributed by atoms with Crippen LogP contribution in [0.25, 0.3) is 0 Å². The molecule has 60 valence electrons. The second-order valence-electron chi connectivity index (χ2n) is 2.89. The Labute approximate surface area is 66.0 Å². The van der Waals surface area contributed by atoms with Gasteiger partial charge in [-0.25, -0.2) is 4.39 Å². The molecule has 0 aliphatic carbocycles. The van der Waals surface area contributed by atoms with Gasteiger partial charge in [0.2, 0.25) is 0 Å². The van der Waals surface area contributed by atoms with Crippen LogP contribution in [0.1, 0.15) is 12.8 Å². The van der Waals surface area contributed by atoms with E-state index in [4.69, 9.17) is 0 Å². The van der Waals surface area contributed by atoms with Crippen molar-refractivity contribution in [2.75, 3.05) is 26.4 Å². The quantitative estimate of drug-likeness (QED) is 0.579. The molecule has 1 aliphatic heterocycles. The first-order valence-corrected chi connectivity index (χ1v) is 4.81. The van der Waals surface area contributed by atoms with Gasteiger partial charge in [-0.05, 0) is 13.3 Å². The predicted octanol–water partition coefficient (Wildman–Crippen LogP) is 1.74. The van der Waals surface area contributed by atoms with E-state index < -0.39 is 5.00 Å². The second kappa shape index (κ2) is 3.09. The van der Waals surface area contributed by atoms with E-state index in [1.54, 1.807) is 0 Å². The highest BCUT2D eigenvalue weighted by atomic mass is 32.2. The fourth-order valence-corrected chi connectivity index (χ4v) is 1.75. The zero-order valence-electron chi connectivity index (χ0n) is 6.56. The molecule has 0 N–H and O–H groups in total. The van der Waals surface area contributed by atoms with Gasteiger partial charge >= 0.3 is 0 Å². The summed E-state index contributed by atoms with van der Waals surface area (Å²) in [5, 5.41) is -0.924. The van der Waals surface area contributed by atoms with Crippen LogP contribution in [-0.2, 0) is 0 Å². The Hall–Kier alpha value is 0.240. The molecule has 0 aromatic carbocycles. The molecule has 3 heteroatoms. The molecule has 10 heavy (non-hydrogen) atoms. The average Bonchev–Trinajstić information content (AvgIpc) is 1.96. The molecule has 0 bridgehead atoms. The van der Waals surface area contributed by atoms with E-state index in [0.29, 0.717) is 12.8 Å². The standard InChI is InChI=1S/C7H14FNS/c1-9-5-3-7(8,10-2)4-6-9/h3-6H2,1-2H3. The lowest BCUT2D eigenvalue weighted by atomic mass is 10.1. The van der Waals surface area contributed by atoms with Crippen LogP contribution >= 0.6 is 11.8 Å². The molecule has 0 aromatic rings. The highest BCUT2D eigenvalue weighted by molar-refractivity contribution is 7.99. The molecule has 0 radical (unpaired) electrons. The van der Waals surface area contributed by atoms with E-state index in [2.05, 4.69) is 4.90 Å². The van der Waals surface area contributed by atoms with Crippen LogP contribution in [0.5, 0.6) is 0 Å². The third-order valence-electron chi connectivity index (χ3n) is 2.10. The monoisotopic (exact) mass is 163 g/mol. The number of alkyl halides is 1. The maximum absolute atomic E-state index is 13.4. The summed E-state index contributed by atoms with van der Waals surface area (Å²) in [6, 6.07) is 0. The van der Waals surface area contributed by atoms with Gasteiger partial charge in [0.25, 0.3) is 0 Å². The van der Waals surface area contributed by atoms with Crippen molar-refractivity contribution in [1.82, 2.24) is 4.90 Å². The van der Waals surface area contributed by atoms with Gasteiger partial charge in [-0.15, -0.1) is 11.8 Å². The Morgan fingerprint density at radius 1 is 1.40 bits per heavy atom. The zero-order chi connectivity index (χ0) is 7.61. The number of hydrogen-bond donors (Lipinski definition) is 0. The predicted molar refractivity (Wildman–Crippen MR) is 44.1 cm³/mol. The van der Waals surface area contributed by atoms with E-state index in [-0.39, 0.29) is 0 Å². The highest BCUT2D eigenvalue weighted by Crippen LogP contribution is 2.35. The lowest BCUT2D eigenvalue weighted by molar-refractivity contribution is 0.148. The van der Waals surface area contributed by atoms with Crippen LogP contribution in [0.15, 0.2) is 0 Å². The third-order valence-corrected chi connectivity index (χ3v) is 3.24. The van der Waals surface area contributed by atoms with Crippen LogP contribution in [0.2, 0.25) is 0 Å². The molecule has 0 atom stereocenters. The second-order valence-corrected chi connectivity index (χ2v) is 4.03. The molecular weight excluding hydrogens is 149 g/mol. The molecular formula is C7H14FNS. The largest absolute Gasteiger partial charge is 0.306 e. The maximum atomic E-state index is 13.4. The molecule has 0 saturated carbocycles. The average molecular weight is 163 g/mol. The summed E-state index contributed by atoms with van der Waals surface area (Å²) in [5.41, 5.74) is 0. The van der Waals surface area contributed by atoms with Crippen molar-refractivity contribution in [2.45, 2.75) is 17.8 Å². The van der Waals surface area contributed by atoms with Gasteiger partial charge < -0.3 is 4.90 Å². The number of nitrogens with zero attached hydrogens (tertiary/aromatic N) is 1. The van der Waals surface area contributed by atoms with Crippen LogP contribution in [0.4, 0.5) is 4.39 Å². The van der Waals surface area contributed by atoms with Crippen molar-refractivity contribution in [3.05, 3.63) is 0 Å². The maximum Gasteiger partial charge on any atom is 0.158 e. The van der Waals surface area contributed by atoms with Crippen LogP contribution in [0.3, 0.4) is 0 Å². The molecule has 0 unspecified atom stereocenters. The van der Waals surface area contributed by atoms with Gasteiger partial charge in [0, 0.05) is 25.9 Å². The van der Waals surface area contributed by atoms with E-state index in [1.807, 2.05) is 13.3 Å². The lowest BCUT2D eigenvalue weighted by Gasteiger charge is -2.32. The van der Waals surface area contributed by atoms with E-state index >= 15 is 0 Å². The smallest absolute Gasteiger partial charge is 0.158 e. The summed E-state index contributed by atoms with van der Waals surface area (Å²) in [4.78, 5) is 2.17. The van der Waals surface area contributed by atoms with Crippen molar-refractivity contribution < 1.29 is 4.39 Å². The topological polar surface area (TPSA) is 3.24 Å². The Balaban J connectivity index is 2.38. The number of piperidine rings is 1. The molecule has 0 spiro atoms. The molecule has 1 nitrogen and oxygen atoms in total. The number of thioether (sulfide) groups is 1. The van der Waals surface area contributed by atoms with Crippen LogP contribution < -0.4 is 0 Å². The highest BCUT2D eigenvalue weighted by Gasteiger charge is 2.31. The Kier molecular flexibility index (Phi) is 2.58. The van der Waals surface area contributed by atoms with Gasteiger partial charge in [-0.3, -0.25) is 0 Å². The van der Waals surface area contributed by atoms with Gasteiger partial charge in [0.05, 0.1) is 0 Å². The summed E-state index contributed by atoms with van der Waals surface area (Å²) in [6.45, 7) is 1.80. The van der Waals surface area contributed by atoms with E-state index in [1.165, 1.54) is 11.8 Å². The lowest BCUT2D eigenvalue weighted by Crippen LogP contribution is -2.37. The SMILES string of the molecule is CSC1(F)CCN(C)CC1. The Morgan fingerprint density at radius 3 is 2.30 bits per heavy atom. The molecule has 1 fully saturated rings. The minimum absolute atomic E-state index is 0.685. The summed E-state index contributed by atoms with van der Waals surface area (Å²) in [7, 11) is 2.04.